The Bertz CT molecular complexity index is 419. The fraction of sp³-hybridized carbons (Fsp3) is 0.125. The number of hydrogen-bond acceptors (Lipinski definition) is 3. The van der Waals surface area contributed by atoms with Crippen LogP contribution in [-0.4, -0.2) is 20.4 Å². The van der Waals surface area contributed by atoms with Gasteiger partial charge < -0.3 is 9.87 Å². The molecule has 2 rings (SSSR count). The Morgan fingerprint density at radius 2 is 2.29 bits per heavy atom. The molecule has 4 nitrogen and oxygen atoms in total. The van der Waals surface area contributed by atoms with Gasteiger partial charge in [0.05, 0.1) is 16.3 Å². The van der Waals surface area contributed by atoms with Gasteiger partial charge in [-0.15, -0.1) is 11.8 Å². The van der Waals surface area contributed by atoms with E-state index in [1.165, 1.54) is 17.8 Å². The number of anilines is 1. The molecule has 0 saturated carbocycles. The quantitative estimate of drug-likeness (QED) is 0.713. The van der Waals surface area contributed by atoms with Crippen molar-refractivity contribution in [2.45, 2.75) is 9.79 Å². The summed E-state index contributed by atoms with van der Waals surface area (Å²) in [4.78, 5) is 12.3. The second-order valence-electron chi connectivity index (χ2n) is 2.74. The first-order chi connectivity index (χ1) is 6.66. The van der Waals surface area contributed by atoms with E-state index in [2.05, 4.69) is 5.32 Å². The minimum Gasteiger partial charge on any atom is -0.324 e. The van der Waals surface area contributed by atoms with E-state index in [1.54, 1.807) is 12.1 Å². The molecule has 1 aliphatic heterocycles. The number of benzene rings is 1. The van der Waals surface area contributed by atoms with E-state index in [0.717, 1.165) is 4.90 Å². The second kappa shape index (κ2) is 3.72. The molecule has 0 aliphatic carbocycles. The zero-order valence-corrected chi connectivity index (χ0v) is 8.65. The maximum absolute atomic E-state index is 11.0. The first-order valence-electron chi connectivity index (χ1n) is 3.84. The highest BCUT2D eigenvalue weighted by Crippen LogP contribution is 2.32. The van der Waals surface area contributed by atoms with E-state index in [9.17, 15) is 9.00 Å². The SMILES string of the molecule is O=C1CSc2ccc(S(=O)O)cc2N1. The summed E-state index contributed by atoms with van der Waals surface area (Å²) in [6.07, 6.45) is 0. The molecule has 1 aromatic carbocycles. The highest BCUT2D eigenvalue weighted by atomic mass is 32.2. The minimum atomic E-state index is -2.00. The third-order valence-corrected chi connectivity index (χ3v) is 3.52. The highest BCUT2D eigenvalue weighted by Gasteiger charge is 2.16. The van der Waals surface area contributed by atoms with Gasteiger partial charge in [0, 0.05) is 4.90 Å². The average molecular weight is 229 g/mol. The summed E-state index contributed by atoms with van der Waals surface area (Å²) >= 11 is -0.574. The summed E-state index contributed by atoms with van der Waals surface area (Å²) in [6.45, 7) is 0. The fourth-order valence-electron chi connectivity index (χ4n) is 1.17. The number of carbonyl (C=O) groups excluding carboxylic acids is 1. The average Bonchev–Trinajstić information content (AvgIpc) is 2.16. The van der Waals surface area contributed by atoms with Gasteiger partial charge in [0.15, 0.2) is 11.1 Å². The van der Waals surface area contributed by atoms with Crippen molar-refractivity contribution in [2.75, 3.05) is 11.1 Å². The van der Waals surface area contributed by atoms with Crippen LogP contribution in [0.5, 0.6) is 0 Å². The summed E-state index contributed by atoms with van der Waals surface area (Å²) in [5.74, 6) is 0.317. The van der Waals surface area contributed by atoms with Gasteiger partial charge in [-0.05, 0) is 18.2 Å². The Hall–Kier alpha value is -0.850. The third-order valence-electron chi connectivity index (χ3n) is 1.79. The summed E-state index contributed by atoms with van der Waals surface area (Å²) < 4.78 is 19.6. The molecule has 0 bridgehead atoms. The zero-order valence-electron chi connectivity index (χ0n) is 7.02. The van der Waals surface area contributed by atoms with Crippen LogP contribution in [0.4, 0.5) is 5.69 Å². The van der Waals surface area contributed by atoms with Crippen LogP contribution in [0, 0.1) is 0 Å². The molecule has 1 heterocycles. The zero-order chi connectivity index (χ0) is 10.1. The predicted molar refractivity (Wildman–Crippen MR) is 54.8 cm³/mol. The number of carbonyl (C=O) groups is 1. The molecule has 14 heavy (non-hydrogen) atoms. The van der Waals surface area contributed by atoms with Crippen molar-refractivity contribution in [1.29, 1.82) is 0 Å². The minimum absolute atomic E-state index is 0.0802. The largest absolute Gasteiger partial charge is 0.324 e. The van der Waals surface area contributed by atoms with E-state index in [4.69, 9.17) is 4.55 Å². The Balaban J connectivity index is 2.42. The molecule has 1 aromatic rings. The Kier molecular flexibility index (Phi) is 2.58. The van der Waals surface area contributed by atoms with Crippen molar-refractivity contribution in [3.63, 3.8) is 0 Å². The maximum atomic E-state index is 11.0. The lowest BCUT2D eigenvalue weighted by Gasteiger charge is -2.16. The summed E-state index contributed by atoms with van der Waals surface area (Å²) in [5.41, 5.74) is 0.617. The van der Waals surface area contributed by atoms with E-state index in [-0.39, 0.29) is 5.91 Å². The van der Waals surface area contributed by atoms with E-state index >= 15 is 0 Å². The number of hydrogen-bond donors (Lipinski definition) is 2. The van der Waals surface area contributed by atoms with Gasteiger partial charge in [-0.25, -0.2) is 4.21 Å². The summed E-state index contributed by atoms with van der Waals surface area (Å²) in [6, 6.07) is 4.85. The maximum Gasteiger partial charge on any atom is 0.234 e. The van der Waals surface area contributed by atoms with Crippen LogP contribution in [0.15, 0.2) is 28.0 Å². The van der Waals surface area contributed by atoms with Gasteiger partial charge >= 0.3 is 0 Å². The standard InChI is InChI=1S/C8H7NO3S2/c10-8-4-13-7-2-1-5(14(11)12)3-6(7)9-8/h1-3H,4H2,(H,9,10)(H,11,12). The lowest BCUT2D eigenvalue weighted by molar-refractivity contribution is -0.113. The van der Waals surface area contributed by atoms with Gasteiger partial charge in [0.25, 0.3) is 0 Å². The van der Waals surface area contributed by atoms with Crippen LogP contribution in [0.1, 0.15) is 0 Å². The van der Waals surface area contributed by atoms with Crippen molar-refractivity contribution in [1.82, 2.24) is 0 Å². The lowest BCUT2D eigenvalue weighted by atomic mass is 10.3. The molecule has 1 unspecified atom stereocenters. The van der Waals surface area contributed by atoms with Gasteiger partial charge in [-0.2, -0.15) is 0 Å². The lowest BCUT2D eigenvalue weighted by Crippen LogP contribution is -2.18. The summed E-state index contributed by atoms with van der Waals surface area (Å²) in [5, 5.41) is 2.65. The van der Waals surface area contributed by atoms with Crippen molar-refractivity contribution in [2.24, 2.45) is 0 Å². The monoisotopic (exact) mass is 229 g/mol. The molecule has 1 atom stereocenters. The van der Waals surface area contributed by atoms with E-state index in [0.29, 0.717) is 16.3 Å². The Morgan fingerprint density at radius 1 is 1.50 bits per heavy atom. The second-order valence-corrected chi connectivity index (χ2v) is 4.73. The van der Waals surface area contributed by atoms with Crippen molar-refractivity contribution < 1.29 is 13.6 Å². The molecule has 2 N–H and O–H groups in total. The van der Waals surface area contributed by atoms with Crippen LogP contribution >= 0.6 is 11.8 Å². The molecule has 1 amide bonds. The fourth-order valence-corrected chi connectivity index (χ4v) is 2.36. The molecular formula is C8H7NO3S2. The van der Waals surface area contributed by atoms with Crippen LogP contribution in [0.3, 0.4) is 0 Å². The smallest absolute Gasteiger partial charge is 0.234 e. The van der Waals surface area contributed by atoms with Crippen molar-refractivity contribution in [3.05, 3.63) is 18.2 Å². The molecule has 0 aromatic heterocycles. The predicted octanol–water partition coefficient (Wildman–Crippen LogP) is 1.31. The van der Waals surface area contributed by atoms with E-state index < -0.39 is 11.1 Å². The van der Waals surface area contributed by atoms with Crippen LogP contribution in [0.25, 0.3) is 0 Å². The van der Waals surface area contributed by atoms with Crippen molar-refractivity contribution >= 4 is 34.4 Å². The van der Waals surface area contributed by atoms with Crippen LogP contribution in [-0.2, 0) is 15.9 Å². The number of amides is 1. The van der Waals surface area contributed by atoms with Gasteiger partial charge in [0.1, 0.15) is 0 Å². The number of fused-ring (bicyclic) bond motifs is 1. The number of nitrogens with one attached hydrogen (secondary N) is 1. The molecule has 0 radical (unpaired) electrons. The highest BCUT2D eigenvalue weighted by molar-refractivity contribution is 8.00. The molecule has 6 heteroatoms. The molecule has 1 aliphatic rings. The molecule has 0 spiro atoms. The molecule has 0 saturated heterocycles. The van der Waals surface area contributed by atoms with Crippen LogP contribution in [0.2, 0.25) is 0 Å². The van der Waals surface area contributed by atoms with Gasteiger partial charge in [0.2, 0.25) is 5.91 Å². The molecule has 74 valence electrons. The summed E-state index contributed by atoms with van der Waals surface area (Å²) in [7, 11) is 0. The first-order valence-corrected chi connectivity index (χ1v) is 5.93. The molecular weight excluding hydrogens is 222 g/mol. The normalized spacial score (nSPS) is 17.1. The Labute approximate surface area is 87.4 Å². The molecule has 0 fully saturated rings. The third kappa shape index (κ3) is 1.82. The van der Waals surface area contributed by atoms with Gasteiger partial charge in [-0.1, -0.05) is 0 Å². The topological polar surface area (TPSA) is 66.4 Å². The van der Waals surface area contributed by atoms with E-state index in [1.807, 2.05) is 0 Å². The Morgan fingerprint density at radius 3 is 3.00 bits per heavy atom. The van der Waals surface area contributed by atoms with Gasteiger partial charge in [-0.3, -0.25) is 4.79 Å². The van der Waals surface area contributed by atoms with Crippen molar-refractivity contribution in [3.8, 4) is 0 Å². The van der Waals surface area contributed by atoms with Crippen LogP contribution < -0.4 is 5.32 Å². The number of thioether (sulfide) groups is 1. The number of rotatable bonds is 1. The first kappa shape index (κ1) is 9.70.